The van der Waals surface area contributed by atoms with Crippen LogP contribution in [0, 0.1) is 23.0 Å². The highest BCUT2D eigenvalue weighted by Crippen LogP contribution is 2.20. The van der Waals surface area contributed by atoms with Crippen LogP contribution < -0.4 is 5.32 Å². The lowest BCUT2D eigenvalue weighted by Crippen LogP contribution is -2.09. The summed E-state index contributed by atoms with van der Waals surface area (Å²) in [6.45, 7) is 1.08. The summed E-state index contributed by atoms with van der Waals surface area (Å²) in [6, 6.07) is 5.54. The van der Waals surface area contributed by atoms with Crippen molar-refractivity contribution in [1.29, 1.82) is 5.26 Å². The molecule has 0 bridgehead atoms. The molecular weight excluding hydrogens is 250 g/mol. The number of anilines is 1. The Kier molecular flexibility index (Phi) is 4.08. The fourth-order valence-corrected chi connectivity index (χ4v) is 1.69. The van der Waals surface area contributed by atoms with E-state index >= 15 is 0 Å². The zero-order valence-electron chi connectivity index (χ0n) is 10.1. The van der Waals surface area contributed by atoms with Crippen LogP contribution >= 0.6 is 0 Å². The first-order valence-electron chi connectivity index (χ1n) is 5.81. The molecule has 98 valence electrons. The maximum atomic E-state index is 13.5. The van der Waals surface area contributed by atoms with E-state index in [0.29, 0.717) is 19.5 Å². The van der Waals surface area contributed by atoms with Crippen LogP contribution in [0.3, 0.4) is 0 Å². The first-order valence-corrected chi connectivity index (χ1v) is 5.81. The predicted molar refractivity (Wildman–Crippen MR) is 66.4 cm³/mol. The van der Waals surface area contributed by atoms with Crippen LogP contribution in [0.4, 0.5) is 14.5 Å². The van der Waals surface area contributed by atoms with Gasteiger partial charge in [-0.3, -0.25) is 4.68 Å². The van der Waals surface area contributed by atoms with E-state index in [1.54, 1.807) is 16.9 Å². The van der Waals surface area contributed by atoms with Crippen LogP contribution in [0.15, 0.2) is 30.6 Å². The van der Waals surface area contributed by atoms with E-state index in [-0.39, 0.29) is 11.3 Å². The Morgan fingerprint density at radius 3 is 2.63 bits per heavy atom. The largest absolute Gasteiger partial charge is 0.380 e. The molecule has 0 saturated heterocycles. The Morgan fingerprint density at radius 1 is 1.32 bits per heavy atom. The molecule has 1 aromatic heterocycles. The van der Waals surface area contributed by atoms with Gasteiger partial charge in [-0.25, -0.2) is 8.78 Å². The number of rotatable bonds is 5. The van der Waals surface area contributed by atoms with Crippen molar-refractivity contribution in [2.45, 2.75) is 13.0 Å². The third-order valence-electron chi connectivity index (χ3n) is 2.60. The fourth-order valence-electron chi connectivity index (χ4n) is 1.69. The second-order valence-corrected chi connectivity index (χ2v) is 3.98. The van der Waals surface area contributed by atoms with E-state index in [1.165, 1.54) is 0 Å². The van der Waals surface area contributed by atoms with Gasteiger partial charge >= 0.3 is 0 Å². The monoisotopic (exact) mass is 262 g/mol. The molecule has 0 aliphatic rings. The molecule has 0 radical (unpaired) electrons. The average molecular weight is 262 g/mol. The smallest absolute Gasteiger partial charge is 0.150 e. The number of hydrogen-bond donors (Lipinski definition) is 1. The first-order chi connectivity index (χ1) is 9.20. The Labute approximate surface area is 109 Å². The highest BCUT2D eigenvalue weighted by Gasteiger charge is 2.10. The molecule has 0 fully saturated rings. The zero-order valence-corrected chi connectivity index (χ0v) is 10.1. The van der Waals surface area contributed by atoms with Crippen LogP contribution in [0.2, 0.25) is 0 Å². The van der Waals surface area contributed by atoms with Crippen LogP contribution in [0.1, 0.15) is 12.0 Å². The normalized spacial score (nSPS) is 10.2. The van der Waals surface area contributed by atoms with Crippen molar-refractivity contribution in [2.24, 2.45) is 0 Å². The lowest BCUT2D eigenvalue weighted by atomic mass is 10.2. The van der Waals surface area contributed by atoms with E-state index in [4.69, 9.17) is 5.26 Å². The molecule has 2 rings (SSSR count). The summed E-state index contributed by atoms with van der Waals surface area (Å²) in [7, 11) is 0. The van der Waals surface area contributed by atoms with Crippen molar-refractivity contribution in [1.82, 2.24) is 9.78 Å². The second kappa shape index (κ2) is 5.96. The summed E-state index contributed by atoms with van der Waals surface area (Å²) < 4.78 is 28.8. The molecule has 1 N–H and O–H groups in total. The van der Waals surface area contributed by atoms with Gasteiger partial charge in [-0.15, -0.1) is 0 Å². The molecule has 0 unspecified atom stereocenters. The molecule has 19 heavy (non-hydrogen) atoms. The van der Waals surface area contributed by atoms with Crippen LogP contribution in [-0.2, 0) is 6.54 Å². The lowest BCUT2D eigenvalue weighted by Gasteiger charge is -2.09. The summed E-state index contributed by atoms with van der Waals surface area (Å²) in [5.41, 5.74) is -0.225. The van der Waals surface area contributed by atoms with Gasteiger partial charge in [0.2, 0.25) is 0 Å². The molecule has 0 atom stereocenters. The molecule has 1 aromatic carbocycles. The number of aromatic nitrogens is 2. The van der Waals surface area contributed by atoms with Gasteiger partial charge in [0.25, 0.3) is 0 Å². The molecule has 0 aliphatic carbocycles. The van der Waals surface area contributed by atoms with Crippen molar-refractivity contribution >= 4 is 5.69 Å². The van der Waals surface area contributed by atoms with E-state index in [1.807, 2.05) is 12.3 Å². The van der Waals surface area contributed by atoms with Crippen LogP contribution in [0.5, 0.6) is 0 Å². The Hall–Kier alpha value is -2.42. The molecular formula is C13H12F2N4. The van der Waals surface area contributed by atoms with Gasteiger partial charge in [-0.1, -0.05) is 0 Å². The van der Waals surface area contributed by atoms with Crippen LogP contribution in [0.25, 0.3) is 0 Å². The van der Waals surface area contributed by atoms with E-state index in [2.05, 4.69) is 10.4 Å². The van der Waals surface area contributed by atoms with Gasteiger partial charge in [0.1, 0.15) is 5.69 Å². The van der Waals surface area contributed by atoms with Gasteiger partial charge in [-0.2, -0.15) is 10.4 Å². The van der Waals surface area contributed by atoms with Crippen molar-refractivity contribution < 1.29 is 8.78 Å². The topological polar surface area (TPSA) is 53.6 Å². The fraction of sp³-hybridized carbons (Fsp3) is 0.231. The highest BCUT2D eigenvalue weighted by molar-refractivity contribution is 5.50. The van der Waals surface area contributed by atoms with Crippen molar-refractivity contribution in [2.75, 3.05) is 11.9 Å². The molecule has 0 aliphatic heterocycles. The van der Waals surface area contributed by atoms with Gasteiger partial charge in [0.15, 0.2) is 11.6 Å². The second-order valence-electron chi connectivity index (χ2n) is 3.98. The zero-order chi connectivity index (χ0) is 13.7. The Balaban J connectivity index is 1.91. The van der Waals surface area contributed by atoms with E-state index in [9.17, 15) is 8.78 Å². The predicted octanol–water partition coefficient (Wildman–Crippen LogP) is 2.54. The molecule has 0 saturated carbocycles. The minimum atomic E-state index is -0.754. The number of nitrogens with zero attached hydrogens (tertiary/aromatic N) is 3. The highest BCUT2D eigenvalue weighted by atomic mass is 19.1. The van der Waals surface area contributed by atoms with Crippen molar-refractivity contribution in [3.8, 4) is 6.07 Å². The number of nitrogens with one attached hydrogen (secondary N) is 1. The number of benzene rings is 1. The molecule has 1 heterocycles. The van der Waals surface area contributed by atoms with Crippen molar-refractivity contribution in [3.63, 3.8) is 0 Å². The third kappa shape index (κ3) is 3.28. The number of halogens is 2. The van der Waals surface area contributed by atoms with Gasteiger partial charge in [-0.05, 0) is 24.6 Å². The maximum Gasteiger partial charge on any atom is 0.150 e. The summed E-state index contributed by atoms with van der Waals surface area (Å²) >= 11 is 0. The quantitative estimate of drug-likeness (QED) is 0.842. The van der Waals surface area contributed by atoms with Gasteiger partial charge in [0.05, 0.1) is 11.6 Å². The molecule has 4 nitrogen and oxygen atoms in total. The van der Waals surface area contributed by atoms with Gasteiger partial charge in [0, 0.05) is 25.5 Å². The number of aryl methyl sites for hydroxylation is 1. The Morgan fingerprint density at radius 2 is 2.05 bits per heavy atom. The molecule has 0 spiro atoms. The lowest BCUT2D eigenvalue weighted by molar-refractivity contribution is 0.574. The summed E-state index contributed by atoms with van der Waals surface area (Å²) in [4.78, 5) is 0. The third-order valence-corrected chi connectivity index (χ3v) is 2.60. The minimum Gasteiger partial charge on any atom is -0.380 e. The van der Waals surface area contributed by atoms with E-state index in [0.717, 1.165) is 12.1 Å². The molecule has 6 heteroatoms. The molecule has 2 aromatic rings. The average Bonchev–Trinajstić information content (AvgIpc) is 2.89. The minimum absolute atomic E-state index is 0.0305. The van der Waals surface area contributed by atoms with Crippen molar-refractivity contribution in [3.05, 3.63) is 47.8 Å². The summed E-state index contributed by atoms with van der Waals surface area (Å²) in [6.07, 6.45) is 4.18. The Bertz CT molecular complexity index is 564. The van der Waals surface area contributed by atoms with E-state index < -0.39 is 11.6 Å². The number of hydrogen-bond acceptors (Lipinski definition) is 3. The standard InChI is InChI=1S/C13H12F2N4/c14-11-7-10(9-16)8-12(15)13(11)17-3-1-5-19-6-2-4-18-19/h2,4,6-8,17H,1,3,5H2. The summed E-state index contributed by atoms with van der Waals surface area (Å²) in [5.74, 6) is -1.51. The maximum absolute atomic E-state index is 13.5. The SMILES string of the molecule is N#Cc1cc(F)c(NCCCn2cccn2)c(F)c1. The molecule has 0 amide bonds. The summed E-state index contributed by atoms with van der Waals surface area (Å²) in [5, 5.41) is 15.3. The number of nitriles is 1. The van der Waals surface area contributed by atoms with Crippen LogP contribution in [-0.4, -0.2) is 16.3 Å². The first kappa shape index (κ1) is 13.0. The van der Waals surface area contributed by atoms with Gasteiger partial charge < -0.3 is 5.32 Å².